The maximum Gasteiger partial charge on any atom is 0.134 e. The molecule has 0 bridgehead atoms. The number of hydrogen-bond acceptors (Lipinski definition) is 2. The van der Waals surface area contributed by atoms with E-state index in [-0.39, 0.29) is 5.75 Å². The van der Waals surface area contributed by atoms with E-state index in [1.807, 2.05) is 6.07 Å². The molecule has 1 aliphatic rings. The molecule has 0 spiro atoms. The lowest BCUT2D eigenvalue weighted by atomic mass is 10.1. The summed E-state index contributed by atoms with van der Waals surface area (Å²) in [7, 11) is 0. The number of nitrogens with one attached hydrogen (secondary N) is 1. The van der Waals surface area contributed by atoms with E-state index in [9.17, 15) is 5.11 Å². The highest BCUT2D eigenvalue weighted by molar-refractivity contribution is 6.33. The zero-order chi connectivity index (χ0) is 7.84. The number of phenolic OH excluding ortho intramolecular Hbond substituents is 1. The Morgan fingerprint density at radius 1 is 1.45 bits per heavy atom. The van der Waals surface area contributed by atoms with Gasteiger partial charge in [0.15, 0.2) is 0 Å². The molecule has 1 aromatic rings. The lowest BCUT2D eigenvalue weighted by molar-refractivity contribution is 0.475. The normalized spacial score (nSPS) is 14.3. The van der Waals surface area contributed by atoms with Crippen molar-refractivity contribution in [2.24, 2.45) is 0 Å². The van der Waals surface area contributed by atoms with Gasteiger partial charge in [-0.05, 0) is 24.1 Å². The first kappa shape index (κ1) is 6.80. The fourth-order valence-corrected chi connectivity index (χ4v) is 1.60. The van der Waals surface area contributed by atoms with E-state index < -0.39 is 0 Å². The molecule has 1 aliphatic heterocycles. The Labute approximate surface area is 69.8 Å². The summed E-state index contributed by atoms with van der Waals surface area (Å²) in [4.78, 5) is 0. The van der Waals surface area contributed by atoms with Crippen molar-refractivity contribution in [3.05, 3.63) is 22.7 Å². The van der Waals surface area contributed by atoms with Gasteiger partial charge in [0.2, 0.25) is 0 Å². The molecule has 0 amide bonds. The van der Waals surface area contributed by atoms with Gasteiger partial charge in [-0.15, -0.1) is 0 Å². The van der Waals surface area contributed by atoms with Crippen molar-refractivity contribution >= 4 is 17.3 Å². The summed E-state index contributed by atoms with van der Waals surface area (Å²) < 4.78 is 0. The van der Waals surface area contributed by atoms with Gasteiger partial charge in [-0.2, -0.15) is 0 Å². The molecule has 0 saturated carbocycles. The number of fused-ring (bicyclic) bond motifs is 1. The van der Waals surface area contributed by atoms with Gasteiger partial charge < -0.3 is 10.4 Å². The van der Waals surface area contributed by atoms with Crippen LogP contribution in [0.5, 0.6) is 5.75 Å². The molecule has 3 heteroatoms. The highest BCUT2D eigenvalue weighted by atomic mass is 35.5. The summed E-state index contributed by atoms with van der Waals surface area (Å²) >= 11 is 5.85. The van der Waals surface area contributed by atoms with E-state index in [2.05, 4.69) is 5.32 Å². The molecule has 0 radical (unpaired) electrons. The van der Waals surface area contributed by atoms with E-state index in [1.54, 1.807) is 6.07 Å². The third-order valence-corrected chi connectivity index (χ3v) is 2.34. The highest BCUT2D eigenvalue weighted by Gasteiger charge is 2.15. The largest absolute Gasteiger partial charge is 0.506 e. The monoisotopic (exact) mass is 169 g/mol. The molecular weight excluding hydrogens is 162 g/mol. The maximum atomic E-state index is 9.22. The quantitative estimate of drug-likeness (QED) is 0.583. The third-order valence-electron chi connectivity index (χ3n) is 1.91. The van der Waals surface area contributed by atoms with E-state index in [4.69, 9.17) is 11.6 Å². The molecule has 1 aromatic carbocycles. The van der Waals surface area contributed by atoms with E-state index in [1.165, 1.54) is 0 Å². The molecule has 2 rings (SSSR count). The summed E-state index contributed by atoms with van der Waals surface area (Å²) in [5, 5.41) is 12.9. The van der Waals surface area contributed by atoms with Crippen LogP contribution in [-0.2, 0) is 6.42 Å². The van der Waals surface area contributed by atoms with Crippen LogP contribution in [0.3, 0.4) is 0 Å². The van der Waals surface area contributed by atoms with Gasteiger partial charge in [0.25, 0.3) is 0 Å². The van der Waals surface area contributed by atoms with Crippen molar-refractivity contribution in [2.45, 2.75) is 6.42 Å². The zero-order valence-electron chi connectivity index (χ0n) is 5.89. The van der Waals surface area contributed by atoms with Gasteiger partial charge in [0.1, 0.15) is 5.75 Å². The van der Waals surface area contributed by atoms with Gasteiger partial charge in [0, 0.05) is 12.2 Å². The van der Waals surface area contributed by atoms with Crippen LogP contribution >= 0.6 is 11.6 Å². The lowest BCUT2D eigenvalue weighted by Crippen LogP contribution is -1.90. The van der Waals surface area contributed by atoms with Crippen molar-refractivity contribution in [2.75, 3.05) is 11.9 Å². The number of halogens is 1. The van der Waals surface area contributed by atoms with Gasteiger partial charge in [-0.3, -0.25) is 0 Å². The fourth-order valence-electron chi connectivity index (χ4n) is 1.34. The Bertz CT molecular complexity index is 298. The molecular formula is C8H8ClNO. The molecule has 0 aromatic heterocycles. The molecule has 2 N–H and O–H groups in total. The number of anilines is 1. The zero-order valence-corrected chi connectivity index (χ0v) is 6.65. The van der Waals surface area contributed by atoms with Crippen LogP contribution in [0.1, 0.15) is 5.56 Å². The number of hydrogen-bond donors (Lipinski definition) is 2. The van der Waals surface area contributed by atoms with Crippen molar-refractivity contribution in [3.63, 3.8) is 0 Å². The number of aromatic hydroxyl groups is 1. The van der Waals surface area contributed by atoms with Gasteiger partial charge in [0.05, 0.1) is 5.02 Å². The van der Waals surface area contributed by atoms with Crippen LogP contribution in [0.25, 0.3) is 0 Å². The van der Waals surface area contributed by atoms with Crippen LogP contribution in [0, 0.1) is 0 Å². The van der Waals surface area contributed by atoms with Crippen LogP contribution in [0.15, 0.2) is 12.1 Å². The minimum Gasteiger partial charge on any atom is -0.506 e. The first-order chi connectivity index (χ1) is 5.29. The maximum absolute atomic E-state index is 9.22. The average Bonchev–Trinajstić information content (AvgIpc) is 2.45. The van der Waals surface area contributed by atoms with Gasteiger partial charge >= 0.3 is 0 Å². The van der Waals surface area contributed by atoms with Crippen molar-refractivity contribution in [1.82, 2.24) is 0 Å². The Morgan fingerprint density at radius 3 is 3.09 bits per heavy atom. The Balaban J connectivity index is 2.62. The minimum atomic E-state index is 0.175. The lowest BCUT2D eigenvalue weighted by Gasteiger charge is -2.02. The summed E-state index contributed by atoms with van der Waals surface area (Å²) in [6, 6.07) is 3.46. The smallest absolute Gasteiger partial charge is 0.134 e. The van der Waals surface area contributed by atoms with Crippen LogP contribution in [0.2, 0.25) is 5.02 Å². The number of phenols is 1. The molecule has 58 valence electrons. The number of rotatable bonds is 0. The second-order valence-electron chi connectivity index (χ2n) is 2.60. The van der Waals surface area contributed by atoms with E-state index in [0.717, 1.165) is 24.2 Å². The third kappa shape index (κ3) is 0.942. The van der Waals surface area contributed by atoms with Crippen LogP contribution in [-0.4, -0.2) is 11.7 Å². The minimum absolute atomic E-state index is 0.175. The Kier molecular flexibility index (Phi) is 1.43. The summed E-state index contributed by atoms with van der Waals surface area (Å²) in [5.41, 5.74) is 2.08. The van der Waals surface area contributed by atoms with Gasteiger partial charge in [-0.1, -0.05) is 11.6 Å². The van der Waals surface area contributed by atoms with Crippen LogP contribution in [0.4, 0.5) is 5.69 Å². The van der Waals surface area contributed by atoms with E-state index >= 15 is 0 Å². The predicted molar refractivity (Wildman–Crippen MR) is 45.3 cm³/mol. The topological polar surface area (TPSA) is 32.3 Å². The molecule has 0 unspecified atom stereocenters. The van der Waals surface area contributed by atoms with Crippen molar-refractivity contribution in [3.8, 4) is 5.75 Å². The highest BCUT2D eigenvalue weighted by Crippen LogP contribution is 2.35. The molecule has 0 fully saturated rings. The summed E-state index contributed by atoms with van der Waals surface area (Å²) in [6.07, 6.45) is 0.905. The summed E-state index contributed by atoms with van der Waals surface area (Å²) in [6.45, 7) is 0.915. The molecule has 1 heterocycles. The second kappa shape index (κ2) is 2.31. The first-order valence-corrected chi connectivity index (χ1v) is 3.91. The SMILES string of the molecule is Oc1ccc2c(c1Cl)CCN2. The van der Waals surface area contributed by atoms with Crippen LogP contribution < -0.4 is 5.32 Å². The molecule has 0 aliphatic carbocycles. The van der Waals surface area contributed by atoms with Crippen molar-refractivity contribution < 1.29 is 5.11 Å². The standard InChI is InChI=1S/C8H8ClNO/c9-8-5-3-4-10-6(5)1-2-7(8)11/h1-2,10-11H,3-4H2. The molecule has 2 nitrogen and oxygen atoms in total. The average molecular weight is 170 g/mol. The number of benzene rings is 1. The first-order valence-electron chi connectivity index (χ1n) is 3.53. The fraction of sp³-hybridized carbons (Fsp3) is 0.250. The molecule has 0 atom stereocenters. The Morgan fingerprint density at radius 2 is 2.27 bits per heavy atom. The van der Waals surface area contributed by atoms with Gasteiger partial charge in [-0.25, -0.2) is 0 Å². The predicted octanol–water partition coefficient (Wildman–Crippen LogP) is 2.01. The van der Waals surface area contributed by atoms with E-state index in [0.29, 0.717) is 5.02 Å². The molecule has 11 heavy (non-hydrogen) atoms. The molecule has 0 saturated heterocycles. The Hall–Kier alpha value is -0.890. The van der Waals surface area contributed by atoms with Crippen molar-refractivity contribution in [1.29, 1.82) is 0 Å². The second-order valence-corrected chi connectivity index (χ2v) is 2.98. The summed E-state index contributed by atoms with van der Waals surface area (Å²) in [5.74, 6) is 0.175.